The Morgan fingerprint density at radius 1 is 1.22 bits per heavy atom. The van der Waals surface area contributed by atoms with Crippen LogP contribution in [0.3, 0.4) is 0 Å². The Bertz CT molecular complexity index is 1060. The minimum atomic E-state index is -1.00. The molecule has 3 aromatic rings. The van der Waals surface area contributed by atoms with Crippen LogP contribution in [0.25, 0.3) is 16.9 Å². The maximum atomic E-state index is 12.5. The topological polar surface area (TPSA) is 83.3 Å². The Hall–Kier alpha value is -3.06. The van der Waals surface area contributed by atoms with Crippen LogP contribution >= 0.6 is 11.8 Å². The van der Waals surface area contributed by atoms with E-state index in [1.807, 2.05) is 30.3 Å². The number of carbonyl (C=O) groups excluding carboxylic acids is 1. The lowest BCUT2D eigenvalue weighted by atomic mass is 10.1. The Balaban J connectivity index is 1.96. The van der Waals surface area contributed by atoms with Gasteiger partial charge in [0.2, 0.25) is 5.69 Å². The van der Waals surface area contributed by atoms with Gasteiger partial charge in [-0.3, -0.25) is 0 Å². The van der Waals surface area contributed by atoms with Gasteiger partial charge in [-0.25, -0.2) is 9.59 Å². The highest BCUT2D eigenvalue weighted by Crippen LogP contribution is 2.41. The van der Waals surface area contributed by atoms with Crippen molar-refractivity contribution in [2.45, 2.75) is 17.6 Å². The fourth-order valence-corrected chi connectivity index (χ4v) is 4.27. The number of esters is 1. The van der Waals surface area contributed by atoms with Crippen molar-refractivity contribution >= 4 is 23.7 Å². The SMILES string of the molecule is CCOC(=O)c1[nH][n+](-c2cccc(C(=O)O)c2)c2c1CSc1ccccc1-2. The van der Waals surface area contributed by atoms with Crippen molar-refractivity contribution in [2.75, 3.05) is 6.61 Å². The molecule has 6 nitrogen and oxygen atoms in total. The Kier molecular flexibility index (Phi) is 4.45. The van der Waals surface area contributed by atoms with Crippen LogP contribution in [0.4, 0.5) is 0 Å². The molecular formula is C20H17N2O4S+. The number of rotatable bonds is 4. The van der Waals surface area contributed by atoms with Crippen LogP contribution < -0.4 is 4.68 Å². The Morgan fingerprint density at radius 2 is 2.04 bits per heavy atom. The number of nitrogens with zero attached hydrogens (tertiary/aromatic N) is 1. The van der Waals surface area contributed by atoms with Gasteiger partial charge in [-0.05, 0) is 25.1 Å². The molecule has 0 atom stereocenters. The Labute approximate surface area is 159 Å². The number of ether oxygens (including phenoxy) is 1. The third kappa shape index (κ3) is 3.00. The lowest BCUT2D eigenvalue weighted by Gasteiger charge is -2.12. The highest BCUT2D eigenvalue weighted by Gasteiger charge is 2.36. The number of thioether (sulfide) groups is 1. The number of hydrogen-bond acceptors (Lipinski definition) is 4. The van der Waals surface area contributed by atoms with E-state index in [1.54, 1.807) is 35.5 Å². The summed E-state index contributed by atoms with van der Waals surface area (Å²) in [6, 6.07) is 14.6. The number of carboxylic acids is 1. The van der Waals surface area contributed by atoms with Crippen LogP contribution in [0.2, 0.25) is 0 Å². The van der Waals surface area contributed by atoms with Gasteiger partial charge in [0.05, 0.1) is 23.3 Å². The molecule has 0 amide bonds. The smallest absolute Gasteiger partial charge is 0.360 e. The Morgan fingerprint density at radius 3 is 2.81 bits per heavy atom. The molecule has 0 fully saturated rings. The van der Waals surface area contributed by atoms with Crippen LogP contribution in [0, 0.1) is 0 Å². The first-order valence-corrected chi connectivity index (χ1v) is 9.48. The zero-order valence-electron chi connectivity index (χ0n) is 14.6. The number of carbonyl (C=O) groups is 2. The lowest BCUT2D eigenvalue weighted by Crippen LogP contribution is -2.36. The summed E-state index contributed by atoms with van der Waals surface area (Å²) in [5, 5.41) is 12.5. The minimum Gasteiger partial charge on any atom is -0.478 e. The van der Waals surface area contributed by atoms with Gasteiger partial charge in [-0.2, -0.15) is 5.10 Å². The van der Waals surface area contributed by atoms with E-state index in [4.69, 9.17) is 4.74 Å². The van der Waals surface area contributed by atoms with Gasteiger partial charge in [0, 0.05) is 22.8 Å². The first-order valence-electron chi connectivity index (χ1n) is 8.50. The molecule has 0 spiro atoms. The zero-order chi connectivity index (χ0) is 19.0. The van der Waals surface area contributed by atoms with Crippen LogP contribution in [0.15, 0.2) is 53.4 Å². The normalized spacial score (nSPS) is 12.2. The monoisotopic (exact) mass is 381 g/mol. The maximum Gasteiger partial charge on any atom is 0.360 e. The third-order valence-corrected chi connectivity index (χ3v) is 5.48. The van der Waals surface area contributed by atoms with Crippen molar-refractivity contribution < 1.29 is 24.1 Å². The number of fused-ring (bicyclic) bond motifs is 3. The summed E-state index contributed by atoms with van der Waals surface area (Å²) in [5.41, 5.74) is 3.93. The average Bonchev–Trinajstić information content (AvgIpc) is 3.08. The van der Waals surface area contributed by atoms with E-state index < -0.39 is 11.9 Å². The molecule has 4 rings (SSSR count). The van der Waals surface area contributed by atoms with Crippen molar-refractivity contribution in [3.8, 4) is 16.9 Å². The number of nitrogens with one attached hydrogen (secondary N) is 1. The molecule has 27 heavy (non-hydrogen) atoms. The van der Waals surface area contributed by atoms with Crippen LogP contribution in [-0.2, 0) is 10.5 Å². The minimum absolute atomic E-state index is 0.180. The number of benzene rings is 2. The van der Waals surface area contributed by atoms with Gasteiger partial charge in [0.1, 0.15) is 0 Å². The average molecular weight is 381 g/mol. The van der Waals surface area contributed by atoms with Crippen LogP contribution in [0.5, 0.6) is 0 Å². The van der Waals surface area contributed by atoms with Crippen molar-refractivity contribution in [3.05, 3.63) is 65.4 Å². The van der Waals surface area contributed by atoms with Crippen molar-refractivity contribution in [1.82, 2.24) is 5.10 Å². The van der Waals surface area contributed by atoms with Crippen molar-refractivity contribution in [2.24, 2.45) is 0 Å². The predicted octanol–water partition coefficient (Wildman–Crippen LogP) is 3.44. The first kappa shape index (κ1) is 17.4. The molecular weight excluding hydrogens is 364 g/mol. The number of aromatic carboxylic acids is 1. The molecule has 1 aromatic heterocycles. The second-order valence-electron chi connectivity index (χ2n) is 6.01. The fraction of sp³-hybridized carbons (Fsp3) is 0.150. The first-order chi connectivity index (χ1) is 13.1. The van der Waals surface area contributed by atoms with Gasteiger partial charge in [-0.1, -0.05) is 22.9 Å². The van der Waals surface area contributed by atoms with E-state index >= 15 is 0 Å². The molecule has 2 heterocycles. The van der Waals surface area contributed by atoms with Crippen LogP contribution in [0.1, 0.15) is 33.3 Å². The number of H-pyrrole nitrogens is 1. The number of hydrogen-bond donors (Lipinski definition) is 2. The van der Waals surface area contributed by atoms with E-state index in [-0.39, 0.29) is 12.2 Å². The standard InChI is InChI=1S/C20H16N2O4S/c1-2-26-20(25)17-15-11-27-16-9-4-3-8-14(16)18(15)22(21-17)13-7-5-6-12(10-13)19(23)24/h3-10H,2,11H2,1H3,(H,23,24)/p+1. The maximum absolute atomic E-state index is 12.5. The molecule has 1 aliphatic rings. The number of aromatic nitrogens is 2. The second-order valence-corrected chi connectivity index (χ2v) is 7.03. The third-order valence-electron chi connectivity index (χ3n) is 4.38. The van der Waals surface area contributed by atoms with Crippen molar-refractivity contribution in [3.63, 3.8) is 0 Å². The molecule has 136 valence electrons. The molecule has 2 aromatic carbocycles. The molecule has 0 saturated carbocycles. The predicted molar refractivity (Wildman–Crippen MR) is 100 cm³/mol. The highest BCUT2D eigenvalue weighted by molar-refractivity contribution is 7.98. The molecule has 0 bridgehead atoms. The summed E-state index contributed by atoms with van der Waals surface area (Å²) in [4.78, 5) is 25.0. The highest BCUT2D eigenvalue weighted by atomic mass is 32.2. The fourth-order valence-electron chi connectivity index (χ4n) is 3.19. The van der Waals surface area contributed by atoms with Crippen molar-refractivity contribution in [1.29, 1.82) is 0 Å². The molecule has 2 N–H and O–H groups in total. The molecule has 1 aliphatic heterocycles. The van der Waals surface area contributed by atoms with Gasteiger partial charge < -0.3 is 9.84 Å². The largest absolute Gasteiger partial charge is 0.478 e. The summed E-state index contributed by atoms with van der Waals surface area (Å²) < 4.78 is 6.98. The molecule has 0 aliphatic carbocycles. The molecule has 7 heteroatoms. The summed E-state index contributed by atoms with van der Waals surface area (Å²) in [6.45, 7) is 2.05. The summed E-state index contributed by atoms with van der Waals surface area (Å²) in [5.74, 6) is -0.788. The van der Waals surface area contributed by atoms with E-state index in [0.29, 0.717) is 17.1 Å². The van der Waals surface area contributed by atoms with Crippen LogP contribution in [-0.4, -0.2) is 28.8 Å². The lowest BCUT2D eigenvalue weighted by molar-refractivity contribution is -0.644. The van der Waals surface area contributed by atoms with Gasteiger partial charge in [0.25, 0.3) is 5.69 Å². The summed E-state index contributed by atoms with van der Waals surface area (Å²) in [7, 11) is 0. The van der Waals surface area contributed by atoms with Gasteiger partial charge >= 0.3 is 11.9 Å². The second kappa shape index (κ2) is 6.92. The van der Waals surface area contributed by atoms with E-state index in [1.165, 1.54) is 6.07 Å². The number of carboxylic acid groups (broad SMARTS) is 1. The molecule has 0 saturated heterocycles. The molecule has 0 unspecified atom stereocenters. The number of aromatic amines is 1. The summed E-state index contributed by atoms with van der Waals surface area (Å²) in [6.07, 6.45) is 0. The van der Waals surface area contributed by atoms with E-state index in [2.05, 4.69) is 5.10 Å². The van der Waals surface area contributed by atoms with E-state index in [0.717, 1.165) is 21.7 Å². The van der Waals surface area contributed by atoms with Gasteiger partial charge in [0.15, 0.2) is 5.69 Å². The van der Waals surface area contributed by atoms with E-state index in [9.17, 15) is 14.7 Å². The quantitative estimate of drug-likeness (QED) is 0.534. The molecule has 0 radical (unpaired) electrons. The van der Waals surface area contributed by atoms with Gasteiger partial charge in [-0.15, -0.1) is 11.8 Å². The zero-order valence-corrected chi connectivity index (χ0v) is 15.4. The summed E-state index contributed by atoms with van der Waals surface area (Å²) >= 11 is 1.66.